The summed E-state index contributed by atoms with van der Waals surface area (Å²) in [5.41, 5.74) is 2.94. The Labute approximate surface area is 113 Å². The van der Waals surface area contributed by atoms with Crippen LogP contribution in [0.15, 0.2) is 24.4 Å². The van der Waals surface area contributed by atoms with E-state index in [9.17, 15) is 0 Å². The summed E-state index contributed by atoms with van der Waals surface area (Å²) in [6, 6.07) is 5.91. The van der Waals surface area contributed by atoms with Crippen LogP contribution in [0.1, 0.15) is 43.9 Å². The summed E-state index contributed by atoms with van der Waals surface area (Å²) >= 11 is 0. The standard InChI is InChI=1S/C14H19N5/c1-4-11-12(5-2)18-19-14(17-11)16-10(3)13-8-6-7-9-15-13/h6-10H,4-5H2,1-3H3,(H,16,17,19). The summed E-state index contributed by atoms with van der Waals surface area (Å²) in [4.78, 5) is 8.83. The zero-order valence-electron chi connectivity index (χ0n) is 11.6. The third-order valence-corrected chi connectivity index (χ3v) is 2.99. The van der Waals surface area contributed by atoms with E-state index in [4.69, 9.17) is 0 Å². The molecule has 0 aromatic carbocycles. The van der Waals surface area contributed by atoms with E-state index in [1.54, 1.807) is 6.20 Å². The van der Waals surface area contributed by atoms with Gasteiger partial charge in [-0.25, -0.2) is 4.98 Å². The summed E-state index contributed by atoms with van der Waals surface area (Å²) in [6.45, 7) is 6.18. The van der Waals surface area contributed by atoms with Gasteiger partial charge in [0.25, 0.3) is 0 Å². The fourth-order valence-corrected chi connectivity index (χ4v) is 1.90. The lowest BCUT2D eigenvalue weighted by molar-refractivity contribution is 0.776. The first kappa shape index (κ1) is 13.4. The number of hydrogen-bond donors (Lipinski definition) is 1. The Balaban J connectivity index is 2.15. The Morgan fingerprint density at radius 1 is 1.11 bits per heavy atom. The van der Waals surface area contributed by atoms with E-state index in [2.05, 4.69) is 39.3 Å². The van der Waals surface area contributed by atoms with Crippen LogP contribution in [0.5, 0.6) is 0 Å². The van der Waals surface area contributed by atoms with Crippen LogP contribution in [0.2, 0.25) is 0 Å². The van der Waals surface area contributed by atoms with Crippen LogP contribution in [-0.2, 0) is 12.8 Å². The van der Waals surface area contributed by atoms with Gasteiger partial charge in [-0.15, -0.1) is 5.10 Å². The van der Waals surface area contributed by atoms with E-state index in [1.807, 2.05) is 25.1 Å². The number of nitrogens with one attached hydrogen (secondary N) is 1. The highest BCUT2D eigenvalue weighted by molar-refractivity contribution is 5.29. The van der Waals surface area contributed by atoms with Gasteiger partial charge in [-0.05, 0) is 31.9 Å². The number of nitrogens with zero attached hydrogens (tertiary/aromatic N) is 4. The Kier molecular flexibility index (Phi) is 4.39. The molecular formula is C14H19N5. The fraction of sp³-hybridized carbons (Fsp3) is 0.429. The van der Waals surface area contributed by atoms with Crippen LogP contribution in [0, 0.1) is 0 Å². The summed E-state index contributed by atoms with van der Waals surface area (Å²) in [5.74, 6) is 0.562. The maximum Gasteiger partial charge on any atom is 0.243 e. The molecule has 0 radical (unpaired) electrons. The van der Waals surface area contributed by atoms with Crippen LogP contribution in [0.3, 0.4) is 0 Å². The van der Waals surface area contributed by atoms with Gasteiger partial charge in [-0.1, -0.05) is 19.9 Å². The Bertz CT molecular complexity index is 527. The second-order valence-electron chi connectivity index (χ2n) is 4.36. The molecule has 0 saturated carbocycles. The van der Waals surface area contributed by atoms with Gasteiger partial charge in [0.05, 0.1) is 23.1 Å². The van der Waals surface area contributed by atoms with Crippen molar-refractivity contribution in [3.05, 3.63) is 41.5 Å². The topological polar surface area (TPSA) is 63.6 Å². The minimum Gasteiger partial charge on any atom is -0.345 e. The van der Waals surface area contributed by atoms with Crippen molar-refractivity contribution in [1.82, 2.24) is 20.2 Å². The quantitative estimate of drug-likeness (QED) is 0.891. The molecule has 1 N–H and O–H groups in total. The third-order valence-electron chi connectivity index (χ3n) is 2.99. The Morgan fingerprint density at radius 3 is 2.53 bits per heavy atom. The molecule has 0 fully saturated rings. The van der Waals surface area contributed by atoms with Crippen molar-refractivity contribution >= 4 is 5.95 Å². The molecule has 1 atom stereocenters. The van der Waals surface area contributed by atoms with E-state index in [1.165, 1.54) is 0 Å². The highest BCUT2D eigenvalue weighted by Crippen LogP contribution is 2.14. The van der Waals surface area contributed by atoms with Gasteiger partial charge in [0.15, 0.2) is 0 Å². The highest BCUT2D eigenvalue weighted by atomic mass is 15.2. The highest BCUT2D eigenvalue weighted by Gasteiger charge is 2.10. The normalized spacial score (nSPS) is 12.2. The lowest BCUT2D eigenvalue weighted by Crippen LogP contribution is -2.13. The fourth-order valence-electron chi connectivity index (χ4n) is 1.90. The lowest BCUT2D eigenvalue weighted by Gasteiger charge is -2.13. The van der Waals surface area contributed by atoms with Gasteiger partial charge in [-0.2, -0.15) is 5.10 Å². The minimum atomic E-state index is 0.0557. The van der Waals surface area contributed by atoms with Crippen LogP contribution in [0.4, 0.5) is 5.95 Å². The number of pyridine rings is 1. The van der Waals surface area contributed by atoms with Crippen LogP contribution in [-0.4, -0.2) is 20.2 Å². The van der Waals surface area contributed by atoms with Gasteiger partial charge in [0, 0.05) is 6.20 Å². The molecule has 0 saturated heterocycles. The molecule has 5 heteroatoms. The average Bonchev–Trinajstić information content (AvgIpc) is 2.48. The molecule has 5 nitrogen and oxygen atoms in total. The van der Waals surface area contributed by atoms with Gasteiger partial charge in [0.1, 0.15) is 0 Å². The van der Waals surface area contributed by atoms with Crippen molar-refractivity contribution < 1.29 is 0 Å². The number of rotatable bonds is 5. The third kappa shape index (κ3) is 3.24. The molecular weight excluding hydrogens is 238 g/mol. The van der Waals surface area contributed by atoms with E-state index < -0.39 is 0 Å². The van der Waals surface area contributed by atoms with Crippen molar-refractivity contribution in [2.45, 2.75) is 39.7 Å². The van der Waals surface area contributed by atoms with Crippen molar-refractivity contribution in [2.24, 2.45) is 0 Å². The molecule has 0 amide bonds. The number of aromatic nitrogens is 4. The van der Waals surface area contributed by atoms with Gasteiger partial charge >= 0.3 is 0 Å². The van der Waals surface area contributed by atoms with E-state index in [0.29, 0.717) is 5.95 Å². The predicted octanol–water partition coefficient (Wildman–Crippen LogP) is 2.56. The summed E-state index contributed by atoms with van der Waals surface area (Å²) in [7, 11) is 0. The zero-order chi connectivity index (χ0) is 13.7. The molecule has 100 valence electrons. The molecule has 0 bridgehead atoms. The SMILES string of the molecule is CCc1nnc(NC(C)c2ccccn2)nc1CC. The molecule has 2 aromatic heterocycles. The van der Waals surface area contributed by atoms with E-state index >= 15 is 0 Å². The molecule has 0 aliphatic carbocycles. The van der Waals surface area contributed by atoms with Gasteiger partial charge in [-0.3, -0.25) is 4.98 Å². The molecule has 0 aliphatic heterocycles. The second kappa shape index (κ2) is 6.22. The van der Waals surface area contributed by atoms with Crippen molar-refractivity contribution in [2.75, 3.05) is 5.32 Å². The molecule has 0 aliphatic rings. The van der Waals surface area contributed by atoms with Crippen LogP contribution >= 0.6 is 0 Å². The minimum absolute atomic E-state index is 0.0557. The smallest absolute Gasteiger partial charge is 0.243 e. The Hall–Kier alpha value is -2.04. The van der Waals surface area contributed by atoms with Crippen LogP contribution in [0.25, 0.3) is 0 Å². The Morgan fingerprint density at radius 2 is 1.89 bits per heavy atom. The summed E-state index contributed by atoms with van der Waals surface area (Å²) < 4.78 is 0. The average molecular weight is 257 g/mol. The van der Waals surface area contributed by atoms with E-state index in [-0.39, 0.29) is 6.04 Å². The van der Waals surface area contributed by atoms with Crippen LogP contribution < -0.4 is 5.32 Å². The summed E-state index contributed by atoms with van der Waals surface area (Å²) in [5, 5.41) is 11.6. The maximum absolute atomic E-state index is 4.52. The lowest BCUT2D eigenvalue weighted by atomic mass is 10.2. The number of hydrogen-bond acceptors (Lipinski definition) is 5. The predicted molar refractivity (Wildman–Crippen MR) is 74.9 cm³/mol. The molecule has 1 unspecified atom stereocenters. The number of aryl methyl sites for hydroxylation is 2. The van der Waals surface area contributed by atoms with Gasteiger partial charge in [0.2, 0.25) is 5.95 Å². The second-order valence-corrected chi connectivity index (χ2v) is 4.36. The van der Waals surface area contributed by atoms with Crippen molar-refractivity contribution in [3.63, 3.8) is 0 Å². The molecule has 2 heterocycles. The van der Waals surface area contributed by atoms with Crippen molar-refractivity contribution in [1.29, 1.82) is 0 Å². The first-order valence-electron chi connectivity index (χ1n) is 6.64. The largest absolute Gasteiger partial charge is 0.345 e. The molecule has 19 heavy (non-hydrogen) atoms. The molecule has 0 spiro atoms. The zero-order valence-corrected chi connectivity index (χ0v) is 11.6. The maximum atomic E-state index is 4.52. The molecule has 2 rings (SSSR count). The number of anilines is 1. The monoisotopic (exact) mass is 257 g/mol. The van der Waals surface area contributed by atoms with Crippen molar-refractivity contribution in [3.8, 4) is 0 Å². The first-order valence-corrected chi connectivity index (χ1v) is 6.64. The van der Waals surface area contributed by atoms with E-state index in [0.717, 1.165) is 29.9 Å². The summed E-state index contributed by atoms with van der Waals surface area (Å²) in [6.07, 6.45) is 3.51. The first-order chi connectivity index (χ1) is 9.24. The molecule has 2 aromatic rings. The van der Waals surface area contributed by atoms with Gasteiger partial charge < -0.3 is 5.32 Å².